The van der Waals surface area contributed by atoms with Gasteiger partial charge in [-0.3, -0.25) is 14.4 Å². The van der Waals surface area contributed by atoms with E-state index in [1.54, 1.807) is 0 Å². The monoisotopic (exact) mass is 660 g/mol. The molecule has 268 valence electrons. The summed E-state index contributed by atoms with van der Waals surface area (Å²) in [5.41, 5.74) is 0.850. The first-order chi connectivity index (χ1) is 22.2. The van der Waals surface area contributed by atoms with E-state index in [0.29, 0.717) is 16.7 Å². The van der Waals surface area contributed by atoms with Crippen LogP contribution in [0.5, 0.6) is 0 Å². The first-order valence-electron chi connectivity index (χ1n) is 19.0. The Hall–Kier alpha value is -1.67. The molecule has 0 aromatic rings. The Morgan fingerprint density at radius 3 is 2.17 bits per heavy atom. The maximum Gasteiger partial charge on any atom is 0.303 e. The third kappa shape index (κ3) is 8.05. The van der Waals surface area contributed by atoms with Crippen LogP contribution in [0.2, 0.25) is 0 Å². The molecule has 0 spiro atoms. The van der Waals surface area contributed by atoms with Crippen molar-refractivity contribution in [3.8, 4) is 0 Å². The summed E-state index contributed by atoms with van der Waals surface area (Å²) in [6, 6.07) is 0. The highest BCUT2D eigenvalue weighted by Crippen LogP contribution is 2.68. The van der Waals surface area contributed by atoms with Crippen molar-refractivity contribution >= 4 is 17.9 Å². The lowest BCUT2D eigenvalue weighted by Crippen LogP contribution is -2.56. The third-order valence-electron chi connectivity index (χ3n) is 13.7. The van der Waals surface area contributed by atoms with E-state index in [0.717, 1.165) is 54.8 Å². The van der Waals surface area contributed by atoms with Gasteiger partial charge >= 0.3 is 17.9 Å². The largest absolute Gasteiger partial charge is 0.463 e. The lowest BCUT2D eigenvalue weighted by Gasteiger charge is -2.61. The van der Waals surface area contributed by atoms with Gasteiger partial charge in [-0.1, -0.05) is 53.9 Å². The van der Waals surface area contributed by atoms with Crippen LogP contribution in [0.15, 0.2) is 0 Å². The molecule has 8 nitrogen and oxygen atoms in total. The van der Waals surface area contributed by atoms with Crippen molar-refractivity contribution in [2.24, 2.45) is 52.3 Å². The summed E-state index contributed by atoms with van der Waals surface area (Å²) in [5, 5.41) is 0. The van der Waals surface area contributed by atoms with Gasteiger partial charge in [0.15, 0.2) is 12.4 Å². The number of carbonyl (C=O) groups excluding carboxylic acids is 3. The number of rotatable bonds is 11. The average molecular weight is 661 g/mol. The minimum Gasteiger partial charge on any atom is -0.463 e. The van der Waals surface area contributed by atoms with Crippen LogP contribution in [0.4, 0.5) is 0 Å². The van der Waals surface area contributed by atoms with Gasteiger partial charge in [0, 0.05) is 27.2 Å². The summed E-state index contributed by atoms with van der Waals surface area (Å²) >= 11 is 0. The number of hydrogen-bond acceptors (Lipinski definition) is 8. The summed E-state index contributed by atoms with van der Waals surface area (Å²) in [5.74, 6) is 4.22. The molecular weight excluding hydrogens is 596 g/mol. The highest BCUT2D eigenvalue weighted by Gasteiger charge is 2.61. The molecule has 0 radical (unpaired) electrons. The van der Waals surface area contributed by atoms with Crippen molar-refractivity contribution in [2.75, 3.05) is 6.61 Å². The zero-order chi connectivity index (χ0) is 34.1. The normalized spacial score (nSPS) is 42.1. The molecule has 4 aliphatic carbocycles. The molecule has 5 fully saturated rings. The molecule has 1 heterocycles. The molecule has 5 aliphatic rings. The second kappa shape index (κ2) is 15.1. The Bertz CT molecular complexity index is 1110. The van der Waals surface area contributed by atoms with Gasteiger partial charge in [-0.2, -0.15) is 0 Å². The number of fused-ring (bicyclic) bond motifs is 5. The molecule has 13 atom stereocenters. The minimum absolute atomic E-state index is 0.0451. The van der Waals surface area contributed by atoms with E-state index < -0.39 is 42.5 Å². The van der Waals surface area contributed by atoms with Crippen LogP contribution in [0.1, 0.15) is 139 Å². The zero-order valence-electron chi connectivity index (χ0n) is 30.6. The predicted molar refractivity (Wildman–Crippen MR) is 179 cm³/mol. The number of ether oxygens (including phenoxy) is 5. The zero-order valence-corrected chi connectivity index (χ0v) is 30.6. The van der Waals surface area contributed by atoms with Crippen LogP contribution in [-0.4, -0.2) is 55.2 Å². The lowest BCUT2D eigenvalue weighted by molar-refractivity contribution is -0.283. The first-order valence-corrected chi connectivity index (χ1v) is 19.0. The molecule has 1 aliphatic heterocycles. The second-order valence-corrected chi connectivity index (χ2v) is 17.1. The fourth-order valence-electron chi connectivity index (χ4n) is 11.6. The predicted octanol–water partition coefficient (Wildman–Crippen LogP) is 8.03. The molecule has 8 heteroatoms. The summed E-state index contributed by atoms with van der Waals surface area (Å²) in [7, 11) is 0. The van der Waals surface area contributed by atoms with Crippen molar-refractivity contribution < 1.29 is 38.1 Å². The molecule has 47 heavy (non-hydrogen) atoms. The first kappa shape index (κ1) is 36.6. The standard InChI is InChI=1S/C39H64O8/c1-23(2)10-9-11-24(3)31-14-15-32-30-13-12-28-20-29(16-18-38(28,7)33(30)17-19-39(31,32)8)46-36-21-34(44-26(5)41)37(45-27(6)42)35(47-36)22-43-25(4)40/h23-24,28-37H,9-22H2,1-8H3/t24-,28?,29?,30+,31-,32+,33+,34-,35-,36?,37+,38+,39-/m1/s1. The number of hydrogen-bond donors (Lipinski definition) is 0. The van der Waals surface area contributed by atoms with Crippen molar-refractivity contribution in [1.29, 1.82) is 0 Å². The van der Waals surface area contributed by atoms with Crippen molar-refractivity contribution in [2.45, 2.75) is 170 Å². The van der Waals surface area contributed by atoms with Gasteiger partial charge in [0.1, 0.15) is 18.8 Å². The Balaban J connectivity index is 1.22. The van der Waals surface area contributed by atoms with Gasteiger partial charge in [0.05, 0.1) is 6.10 Å². The van der Waals surface area contributed by atoms with Gasteiger partial charge in [-0.05, 0) is 110 Å². The maximum absolute atomic E-state index is 12.0. The Morgan fingerprint density at radius 2 is 1.49 bits per heavy atom. The van der Waals surface area contributed by atoms with E-state index in [-0.39, 0.29) is 19.1 Å². The third-order valence-corrected chi connectivity index (χ3v) is 13.7. The van der Waals surface area contributed by atoms with Crippen molar-refractivity contribution in [1.82, 2.24) is 0 Å². The van der Waals surface area contributed by atoms with E-state index in [9.17, 15) is 14.4 Å². The van der Waals surface area contributed by atoms with E-state index >= 15 is 0 Å². The number of esters is 3. The number of carbonyl (C=O) groups is 3. The SMILES string of the molecule is CC(=O)OC[C@H]1OC(OC2CC[C@@]3(C)C(CC[C@H]4[C@@H]5CC[C@H]([C@H](C)CCCC(C)C)[C@@]5(C)CC[C@@H]43)C2)C[C@@H](OC(C)=O)[C@@H]1OC(C)=O. The van der Waals surface area contributed by atoms with E-state index in [1.165, 1.54) is 78.6 Å². The molecule has 3 unspecified atom stereocenters. The van der Waals surface area contributed by atoms with Gasteiger partial charge in [-0.25, -0.2) is 0 Å². The van der Waals surface area contributed by atoms with Gasteiger partial charge in [0.2, 0.25) is 0 Å². The average Bonchev–Trinajstić information content (AvgIpc) is 3.34. The highest BCUT2D eigenvalue weighted by atomic mass is 16.7. The van der Waals surface area contributed by atoms with Crippen LogP contribution in [0.3, 0.4) is 0 Å². The molecule has 1 saturated heterocycles. The smallest absolute Gasteiger partial charge is 0.303 e. The second-order valence-electron chi connectivity index (χ2n) is 17.1. The Labute approximate surface area is 284 Å². The van der Waals surface area contributed by atoms with Gasteiger partial charge in [0.25, 0.3) is 0 Å². The summed E-state index contributed by atoms with van der Waals surface area (Å²) < 4.78 is 29.3. The van der Waals surface area contributed by atoms with Gasteiger partial charge in [-0.15, -0.1) is 0 Å². The quantitative estimate of drug-likeness (QED) is 0.125. The summed E-state index contributed by atoms with van der Waals surface area (Å²) in [6.07, 6.45) is 12.7. The Kier molecular flexibility index (Phi) is 11.7. The molecule has 5 rings (SSSR count). The van der Waals surface area contributed by atoms with Crippen molar-refractivity contribution in [3.05, 3.63) is 0 Å². The molecule has 4 saturated carbocycles. The fraction of sp³-hybridized carbons (Fsp3) is 0.923. The maximum atomic E-state index is 12.0. The topological polar surface area (TPSA) is 97.4 Å². The highest BCUT2D eigenvalue weighted by molar-refractivity contribution is 5.67. The fourth-order valence-corrected chi connectivity index (χ4v) is 11.6. The Morgan fingerprint density at radius 1 is 0.787 bits per heavy atom. The van der Waals surface area contributed by atoms with E-state index in [4.69, 9.17) is 23.7 Å². The molecule has 0 aromatic carbocycles. The lowest BCUT2D eigenvalue weighted by atomic mass is 9.44. The van der Waals surface area contributed by atoms with Gasteiger partial charge < -0.3 is 23.7 Å². The molecular formula is C39H64O8. The van der Waals surface area contributed by atoms with E-state index in [1.807, 2.05) is 0 Å². The van der Waals surface area contributed by atoms with Crippen LogP contribution >= 0.6 is 0 Å². The van der Waals surface area contributed by atoms with Crippen LogP contribution in [-0.2, 0) is 38.1 Å². The minimum atomic E-state index is -0.879. The van der Waals surface area contributed by atoms with Crippen LogP contribution in [0, 0.1) is 52.3 Å². The van der Waals surface area contributed by atoms with Crippen LogP contribution < -0.4 is 0 Å². The van der Waals surface area contributed by atoms with E-state index in [2.05, 4.69) is 34.6 Å². The molecule has 0 amide bonds. The summed E-state index contributed by atoms with van der Waals surface area (Å²) in [4.78, 5) is 35.5. The molecule has 0 aromatic heterocycles. The van der Waals surface area contributed by atoms with Crippen LogP contribution in [0.25, 0.3) is 0 Å². The molecule has 0 bridgehead atoms. The summed E-state index contributed by atoms with van der Waals surface area (Å²) in [6.45, 7) is 16.4. The molecule has 0 N–H and O–H groups in total. The van der Waals surface area contributed by atoms with Crippen molar-refractivity contribution in [3.63, 3.8) is 0 Å².